The minimum absolute atomic E-state index is 0.192. The number of H-pyrrole nitrogens is 1. The van der Waals surface area contributed by atoms with Crippen LogP contribution in [0.4, 0.5) is 19.0 Å². The molecule has 2 aliphatic carbocycles. The van der Waals surface area contributed by atoms with Crippen molar-refractivity contribution in [2.24, 2.45) is 11.3 Å². The summed E-state index contributed by atoms with van der Waals surface area (Å²) in [5, 5.41) is 7.13. The van der Waals surface area contributed by atoms with Crippen LogP contribution in [0.3, 0.4) is 0 Å². The molecule has 8 nitrogen and oxygen atoms in total. The fourth-order valence-electron chi connectivity index (χ4n) is 5.71. The van der Waals surface area contributed by atoms with Gasteiger partial charge in [0.2, 0.25) is 0 Å². The number of fused-ring (bicyclic) bond motifs is 1. The molecule has 1 spiro atoms. The SMILES string of the molecule is FC(F)(F)c1ccc2ncc(-c3nccc(N4CCN(C[C@H]5CC56CC6)C(c5cn[nH]c5)C4)n3)n2c1. The standard InChI is InChI=1S/C25H25F3N8/c26-25(27,28)17-1-2-21-30-12-19(36(21)14-17)23-29-6-3-22(33-23)35-8-7-34(13-18-9-24(18)4-5-24)20(15-35)16-10-31-32-11-16/h1-3,6,10-12,14,18,20H,4-5,7-9,13,15H2,(H,31,32)/t18-,20?/m1/s1. The van der Waals surface area contributed by atoms with E-state index in [2.05, 4.69) is 30.0 Å². The summed E-state index contributed by atoms with van der Waals surface area (Å²) in [6, 6.07) is 4.44. The second-order valence-electron chi connectivity index (χ2n) is 10.3. The van der Waals surface area contributed by atoms with Gasteiger partial charge in [-0.25, -0.2) is 15.0 Å². The van der Waals surface area contributed by atoms with Crippen LogP contribution in [0.5, 0.6) is 0 Å². The first-order chi connectivity index (χ1) is 17.4. The fraction of sp³-hybridized carbons (Fsp3) is 0.440. The Morgan fingerprint density at radius 3 is 2.72 bits per heavy atom. The highest BCUT2D eigenvalue weighted by Crippen LogP contribution is 2.70. The summed E-state index contributed by atoms with van der Waals surface area (Å²) in [7, 11) is 0. The van der Waals surface area contributed by atoms with Gasteiger partial charge in [-0.1, -0.05) is 0 Å². The van der Waals surface area contributed by atoms with Crippen LogP contribution in [0.15, 0.2) is 49.2 Å². The number of pyridine rings is 1. The second-order valence-corrected chi connectivity index (χ2v) is 10.3. The van der Waals surface area contributed by atoms with Gasteiger partial charge in [0.05, 0.1) is 24.0 Å². The smallest absolute Gasteiger partial charge is 0.353 e. The highest BCUT2D eigenvalue weighted by atomic mass is 19.4. The summed E-state index contributed by atoms with van der Waals surface area (Å²) >= 11 is 0. The molecule has 3 fully saturated rings. The monoisotopic (exact) mass is 494 g/mol. The number of aromatic amines is 1. The lowest BCUT2D eigenvalue weighted by Crippen LogP contribution is -2.49. The van der Waals surface area contributed by atoms with Crippen molar-refractivity contribution < 1.29 is 13.2 Å². The zero-order valence-electron chi connectivity index (χ0n) is 19.5. The number of anilines is 1. The molecule has 3 aliphatic rings. The fourth-order valence-corrected chi connectivity index (χ4v) is 5.71. The zero-order chi connectivity index (χ0) is 24.5. The molecule has 2 atom stereocenters. The Kier molecular flexibility index (Phi) is 4.70. The quantitative estimate of drug-likeness (QED) is 0.448. The molecule has 7 rings (SSSR count). The van der Waals surface area contributed by atoms with Gasteiger partial charge in [0.25, 0.3) is 0 Å². The van der Waals surface area contributed by atoms with E-state index in [9.17, 15) is 13.2 Å². The number of alkyl halides is 3. The Labute approximate surface area is 205 Å². The molecule has 1 unspecified atom stereocenters. The van der Waals surface area contributed by atoms with Gasteiger partial charge in [-0.3, -0.25) is 14.4 Å². The van der Waals surface area contributed by atoms with Crippen LogP contribution in [0.1, 0.15) is 36.4 Å². The lowest BCUT2D eigenvalue weighted by atomic mass is 10.0. The Morgan fingerprint density at radius 2 is 1.97 bits per heavy atom. The van der Waals surface area contributed by atoms with Crippen LogP contribution < -0.4 is 4.90 Å². The Bertz CT molecular complexity index is 1410. The first-order valence-electron chi connectivity index (χ1n) is 12.3. The van der Waals surface area contributed by atoms with Gasteiger partial charge in [0.15, 0.2) is 5.82 Å². The summed E-state index contributed by atoms with van der Waals surface area (Å²) in [6.07, 6.45) is 7.75. The molecule has 11 heteroatoms. The molecule has 1 aliphatic heterocycles. The molecule has 0 aromatic carbocycles. The number of imidazole rings is 1. The van der Waals surface area contributed by atoms with Crippen LogP contribution in [0, 0.1) is 11.3 Å². The summed E-state index contributed by atoms with van der Waals surface area (Å²) in [4.78, 5) is 18.2. The highest BCUT2D eigenvalue weighted by Gasteiger charge is 2.62. The molecule has 4 aromatic rings. The molecular formula is C25H25F3N8. The van der Waals surface area contributed by atoms with E-state index in [0.717, 1.165) is 55.7 Å². The maximum Gasteiger partial charge on any atom is 0.417 e. The molecule has 36 heavy (non-hydrogen) atoms. The van der Waals surface area contributed by atoms with Crippen molar-refractivity contribution >= 4 is 11.5 Å². The largest absolute Gasteiger partial charge is 0.417 e. The van der Waals surface area contributed by atoms with E-state index in [-0.39, 0.29) is 6.04 Å². The van der Waals surface area contributed by atoms with Crippen molar-refractivity contribution in [2.75, 3.05) is 31.1 Å². The summed E-state index contributed by atoms with van der Waals surface area (Å²) in [5.74, 6) is 1.90. The molecule has 5 heterocycles. The third-order valence-corrected chi connectivity index (χ3v) is 8.13. The highest BCUT2D eigenvalue weighted by molar-refractivity contribution is 5.59. The molecular weight excluding hydrogens is 469 g/mol. The van der Waals surface area contributed by atoms with E-state index in [1.165, 1.54) is 35.9 Å². The van der Waals surface area contributed by atoms with Gasteiger partial charge < -0.3 is 4.90 Å². The molecule has 186 valence electrons. The first kappa shape index (κ1) is 21.8. The van der Waals surface area contributed by atoms with E-state index < -0.39 is 11.7 Å². The van der Waals surface area contributed by atoms with E-state index in [1.807, 2.05) is 18.5 Å². The minimum Gasteiger partial charge on any atom is -0.353 e. The summed E-state index contributed by atoms with van der Waals surface area (Å²) in [5.41, 5.74) is 1.90. The van der Waals surface area contributed by atoms with Crippen molar-refractivity contribution in [1.29, 1.82) is 0 Å². The number of hydrogen-bond donors (Lipinski definition) is 1. The van der Waals surface area contributed by atoms with E-state index in [4.69, 9.17) is 4.98 Å². The predicted molar refractivity (Wildman–Crippen MR) is 126 cm³/mol. The number of aromatic nitrogens is 6. The van der Waals surface area contributed by atoms with E-state index in [1.54, 1.807) is 6.20 Å². The number of piperazine rings is 1. The Balaban J connectivity index is 1.17. The van der Waals surface area contributed by atoms with Crippen LogP contribution in [0.2, 0.25) is 0 Å². The Hall–Kier alpha value is -3.47. The van der Waals surface area contributed by atoms with Crippen molar-refractivity contribution in [3.8, 4) is 11.5 Å². The number of nitrogens with one attached hydrogen (secondary N) is 1. The van der Waals surface area contributed by atoms with Gasteiger partial charge in [0.1, 0.15) is 17.2 Å². The first-order valence-corrected chi connectivity index (χ1v) is 12.3. The molecule has 0 bridgehead atoms. The summed E-state index contributed by atoms with van der Waals surface area (Å²) in [6.45, 7) is 3.59. The van der Waals surface area contributed by atoms with Crippen molar-refractivity contribution in [3.05, 3.63) is 60.3 Å². The van der Waals surface area contributed by atoms with Crippen LogP contribution in [-0.2, 0) is 6.18 Å². The molecule has 1 N–H and O–H groups in total. The topological polar surface area (TPSA) is 78.2 Å². The van der Waals surface area contributed by atoms with E-state index in [0.29, 0.717) is 22.6 Å². The molecule has 0 amide bonds. The average Bonchev–Trinajstić information content (AvgIpc) is 3.61. The maximum absolute atomic E-state index is 13.3. The number of halogens is 3. The van der Waals surface area contributed by atoms with Crippen molar-refractivity contribution in [1.82, 2.24) is 34.4 Å². The Morgan fingerprint density at radius 1 is 1.08 bits per heavy atom. The molecule has 2 saturated carbocycles. The van der Waals surface area contributed by atoms with Gasteiger partial charge in [-0.2, -0.15) is 18.3 Å². The van der Waals surface area contributed by atoms with Crippen molar-refractivity contribution in [3.63, 3.8) is 0 Å². The average molecular weight is 495 g/mol. The second kappa shape index (κ2) is 7.76. The maximum atomic E-state index is 13.3. The third-order valence-electron chi connectivity index (χ3n) is 8.13. The third kappa shape index (κ3) is 3.73. The van der Waals surface area contributed by atoms with Gasteiger partial charge >= 0.3 is 6.18 Å². The number of rotatable bonds is 5. The van der Waals surface area contributed by atoms with Crippen LogP contribution >= 0.6 is 0 Å². The molecule has 0 radical (unpaired) electrons. The van der Waals surface area contributed by atoms with E-state index >= 15 is 0 Å². The lowest BCUT2D eigenvalue weighted by molar-refractivity contribution is -0.137. The molecule has 1 saturated heterocycles. The molecule has 4 aromatic heterocycles. The number of hydrogen-bond acceptors (Lipinski definition) is 6. The lowest BCUT2D eigenvalue weighted by Gasteiger charge is -2.42. The van der Waals surface area contributed by atoms with Gasteiger partial charge in [0, 0.05) is 50.3 Å². The number of nitrogens with zero attached hydrogens (tertiary/aromatic N) is 7. The van der Waals surface area contributed by atoms with Gasteiger partial charge in [-0.15, -0.1) is 0 Å². The normalized spacial score (nSPS) is 23.5. The van der Waals surface area contributed by atoms with Crippen LogP contribution in [-0.4, -0.2) is 60.6 Å². The summed E-state index contributed by atoms with van der Waals surface area (Å²) < 4.78 is 41.3. The predicted octanol–water partition coefficient (Wildman–Crippen LogP) is 4.20. The minimum atomic E-state index is -4.44. The van der Waals surface area contributed by atoms with Crippen LogP contribution in [0.25, 0.3) is 17.2 Å². The van der Waals surface area contributed by atoms with Crippen molar-refractivity contribution in [2.45, 2.75) is 31.5 Å². The van der Waals surface area contributed by atoms with Gasteiger partial charge in [-0.05, 0) is 48.8 Å². The zero-order valence-corrected chi connectivity index (χ0v) is 19.5.